The van der Waals surface area contributed by atoms with Gasteiger partial charge in [0.15, 0.2) is 0 Å². The van der Waals surface area contributed by atoms with Gasteiger partial charge < -0.3 is 9.15 Å². The SMILES string of the molecule is Cc1oc2cc(OC(=O)Cc3csc(-c4ccsc4)n3)ccc2c(=O)c1-c1ccccc1. The summed E-state index contributed by atoms with van der Waals surface area (Å²) in [7, 11) is 0. The Balaban J connectivity index is 1.37. The Morgan fingerprint density at radius 2 is 1.91 bits per heavy atom. The zero-order chi connectivity index (χ0) is 22.1. The summed E-state index contributed by atoms with van der Waals surface area (Å²) in [5.41, 5.74) is 3.32. The minimum absolute atomic E-state index is 0.0641. The van der Waals surface area contributed by atoms with Gasteiger partial charge in [-0.3, -0.25) is 9.59 Å². The summed E-state index contributed by atoms with van der Waals surface area (Å²) in [5.74, 6) is 0.415. The predicted octanol–water partition coefficient (Wildman–Crippen LogP) is 6.10. The lowest BCUT2D eigenvalue weighted by molar-refractivity contribution is -0.133. The van der Waals surface area contributed by atoms with Crippen LogP contribution in [0.15, 0.2) is 79.9 Å². The molecular formula is C25H17NO4S2. The highest BCUT2D eigenvalue weighted by Crippen LogP contribution is 2.28. The van der Waals surface area contributed by atoms with Crippen LogP contribution in [-0.4, -0.2) is 11.0 Å². The van der Waals surface area contributed by atoms with Crippen molar-refractivity contribution in [1.29, 1.82) is 0 Å². The molecule has 5 rings (SSSR count). The van der Waals surface area contributed by atoms with Gasteiger partial charge in [0, 0.05) is 22.4 Å². The molecule has 158 valence electrons. The molecule has 0 N–H and O–H groups in total. The van der Waals surface area contributed by atoms with Gasteiger partial charge in [0.1, 0.15) is 22.1 Å². The van der Waals surface area contributed by atoms with Crippen LogP contribution in [0.4, 0.5) is 0 Å². The zero-order valence-electron chi connectivity index (χ0n) is 17.0. The molecule has 0 aliphatic rings. The number of ether oxygens (including phenoxy) is 1. The van der Waals surface area contributed by atoms with E-state index in [9.17, 15) is 9.59 Å². The highest BCUT2D eigenvalue weighted by atomic mass is 32.1. The fourth-order valence-electron chi connectivity index (χ4n) is 3.51. The number of benzene rings is 2. The number of hydrogen-bond acceptors (Lipinski definition) is 7. The first-order chi connectivity index (χ1) is 15.6. The smallest absolute Gasteiger partial charge is 0.317 e. The van der Waals surface area contributed by atoms with Crippen molar-refractivity contribution in [2.75, 3.05) is 0 Å². The summed E-state index contributed by atoms with van der Waals surface area (Å²) in [6.45, 7) is 1.76. The number of esters is 1. The second kappa shape index (κ2) is 8.53. The predicted molar refractivity (Wildman–Crippen MR) is 127 cm³/mol. The molecule has 0 atom stereocenters. The number of thiazole rings is 1. The highest BCUT2D eigenvalue weighted by Gasteiger charge is 2.16. The molecule has 0 saturated carbocycles. The summed E-state index contributed by atoms with van der Waals surface area (Å²) in [4.78, 5) is 30.0. The van der Waals surface area contributed by atoms with E-state index in [1.165, 1.54) is 11.3 Å². The van der Waals surface area contributed by atoms with Crippen LogP contribution in [0.1, 0.15) is 11.5 Å². The van der Waals surface area contributed by atoms with E-state index in [1.54, 1.807) is 36.5 Å². The van der Waals surface area contributed by atoms with Crippen molar-refractivity contribution < 1.29 is 13.9 Å². The standard InChI is InChI=1S/C25H17NO4S2/c1-15-23(16-5-3-2-4-6-16)24(28)20-8-7-19(12-21(20)29-15)30-22(27)11-18-14-32-25(26-18)17-9-10-31-13-17/h2-10,12-14H,11H2,1H3. The number of thiophene rings is 1. The highest BCUT2D eigenvalue weighted by molar-refractivity contribution is 7.14. The number of carbonyl (C=O) groups is 1. The van der Waals surface area contributed by atoms with E-state index in [1.807, 2.05) is 52.5 Å². The Morgan fingerprint density at radius 3 is 2.69 bits per heavy atom. The first-order valence-corrected chi connectivity index (χ1v) is 11.7. The minimum Gasteiger partial charge on any atom is -0.460 e. The zero-order valence-corrected chi connectivity index (χ0v) is 18.7. The van der Waals surface area contributed by atoms with Crippen LogP contribution < -0.4 is 10.2 Å². The number of rotatable bonds is 5. The van der Waals surface area contributed by atoms with Gasteiger partial charge in [0.05, 0.1) is 23.1 Å². The Hall–Kier alpha value is -3.55. The molecule has 0 bridgehead atoms. The number of nitrogens with zero attached hydrogens (tertiary/aromatic N) is 1. The van der Waals surface area contributed by atoms with Crippen molar-refractivity contribution in [3.05, 3.63) is 92.4 Å². The second-order valence-electron chi connectivity index (χ2n) is 7.19. The number of aryl methyl sites for hydroxylation is 1. The lowest BCUT2D eigenvalue weighted by Crippen LogP contribution is -2.12. The van der Waals surface area contributed by atoms with Gasteiger partial charge in [-0.25, -0.2) is 4.98 Å². The van der Waals surface area contributed by atoms with Crippen LogP contribution in [0, 0.1) is 6.92 Å². The minimum atomic E-state index is -0.425. The van der Waals surface area contributed by atoms with E-state index < -0.39 is 5.97 Å². The number of aromatic nitrogens is 1. The average molecular weight is 460 g/mol. The largest absolute Gasteiger partial charge is 0.460 e. The fourth-order valence-corrected chi connectivity index (χ4v) is 5.04. The lowest BCUT2D eigenvalue weighted by Gasteiger charge is -2.08. The fraction of sp³-hybridized carbons (Fsp3) is 0.0800. The maximum Gasteiger partial charge on any atom is 0.317 e. The Kier molecular flexibility index (Phi) is 5.43. The van der Waals surface area contributed by atoms with Gasteiger partial charge in [-0.05, 0) is 36.1 Å². The molecule has 2 aromatic carbocycles. The molecule has 5 nitrogen and oxygen atoms in total. The van der Waals surface area contributed by atoms with Crippen molar-refractivity contribution in [3.63, 3.8) is 0 Å². The molecule has 0 radical (unpaired) electrons. The van der Waals surface area contributed by atoms with E-state index in [0.717, 1.165) is 16.1 Å². The third kappa shape index (κ3) is 4.00. The van der Waals surface area contributed by atoms with Crippen LogP contribution in [-0.2, 0) is 11.2 Å². The lowest BCUT2D eigenvalue weighted by atomic mass is 10.0. The molecule has 7 heteroatoms. The van der Waals surface area contributed by atoms with E-state index >= 15 is 0 Å². The summed E-state index contributed by atoms with van der Waals surface area (Å²) >= 11 is 3.10. The van der Waals surface area contributed by atoms with Crippen LogP contribution in [0.25, 0.3) is 32.7 Å². The Morgan fingerprint density at radius 1 is 1.06 bits per heavy atom. The van der Waals surface area contributed by atoms with Crippen molar-refractivity contribution >= 4 is 39.6 Å². The van der Waals surface area contributed by atoms with Crippen molar-refractivity contribution in [2.45, 2.75) is 13.3 Å². The molecular weight excluding hydrogens is 442 g/mol. The van der Waals surface area contributed by atoms with Crippen LogP contribution in [0.2, 0.25) is 0 Å². The molecule has 0 amide bonds. The molecule has 0 unspecified atom stereocenters. The molecule has 0 saturated heterocycles. The van der Waals surface area contributed by atoms with Crippen LogP contribution in [0.3, 0.4) is 0 Å². The molecule has 5 aromatic rings. The van der Waals surface area contributed by atoms with Gasteiger partial charge >= 0.3 is 5.97 Å². The van der Waals surface area contributed by atoms with Gasteiger partial charge in [-0.15, -0.1) is 11.3 Å². The molecule has 0 aliphatic heterocycles. The van der Waals surface area contributed by atoms with Crippen molar-refractivity contribution in [1.82, 2.24) is 4.98 Å². The van der Waals surface area contributed by atoms with E-state index in [0.29, 0.717) is 33.7 Å². The van der Waals surface area contributed by atoms with Crippen LogP contribution in [0.5, 0.6) is 5.75 Å². The molecule has 3 heterocycles. The first kappa shape index (κ1) is 20.4. The van der Waals surface area contributed by atoms with Crippen LogP contribution >= 0.6 is 22.7 Å². The van der Waals surface area contributed by atoms with Gasteiger partial charge in [0.25, 0.3) is 0 Å². The number of carbonyl (C=O) groups excluding carboxylic acids is 1. The summed E-state index contributed by atoms with van der Waals surface area (Å²) in [6, 6.07) is 16.2. The Bertz CT molecular complexity index is 1470. The monoisotopic (exact) mass is 459 g/mol. The average Bonchev–Trinajstić information content (AvgIpc) is 3.46. The quantitative estimate of drug-likeness (QED) is 0.235. The topological polar surface area (TPSA) is 69.4 Å². The molecule has 0 spiro atoms. The number of fused-ring (bicyclic) bond motifs is 1. The van der Waals surface area contributed by atoms with Crippen molar-refractivity contribution in [2.24, 2.45) is 0 Å². The summed E-state index contributed by atoms with van der Waals surface area (Å²) < 4.78 is 11.4. The summed E-state index contributed by atoms with van der Waals surface area (Å²) in [6.07, 6.45) is 0.0641. The molecule has 0 fully saturated rings. The third-order valence-corrected chi connectivity index (χ3v) is 6.60. The van der Waals surface area contributed by atoms with Crippen molar-refractivity contribution in [3.8, 4) is 27.4 Å². The first-order valence-electron chi connectivity index (χ1n) is 9.89. The Labute approximate surface area is 191 Å². The van der Waals surface area contributed by atoms with E-state index in [4.69, 9.17) is 9.15 Å². The van der Waals surface area contributed by atoms with E-state index in [2.05, 4.69) is 4.98 Å². The van der Waals surface area contributed by atoms with Gasteiger partial charge in [-0.1, -0.05) is 30.3 Å². The number of hydrogen-bond donors (Lipinski definition) is 0. The molecule has 32 heavy (non-hydrogen) atoms. The third-order valence-electron chi connectivity index (χ3n) is 4.98. The van der Waals surface area contributed by atoms with E-state index in [-0.39, 0.29) is 11.8 Å². The van der Waals surface area contributed by atoms with Gasteiger partial charge in [-0.2, -0.15) is 11.3 Å². The second-order valence-corrected chi connectivity index (χ2v) is 8.83. The maximum absolute atomic E-state index is 13.1. The van der Waals surface area contributed by atoms with Gasteiger partial charge in [0.2, 0.25) is 5.43 Å². The maximum atomic E-state index is 13.1. The molecule has 0 aliphatic carbocycles. The molecule has 3 aromatic heterocycles. The normalized spacial score (nSPS) is 11.0. The summed E-state index contributed by atoms with van der Waals surface area (Å²) in [5, 5.41) is 7.20.